The summed E-state index contributed by atoms with van der Waals surface area (Å²) < 4.78 is 0. The summed E-state index contributed by atoms with van der Waals surface area (Å²) in [4.78, 5) is 0. The molecule has 2 aliphatic carbocycles. The molecule has 2 saturated carbocycles. The van der Waals surface area contributed by atoms with Gasteiger partial charge in [-0.05, 0) is 43.6 Å². The molecule has 2 rings (SSSR count). The van der Waals surface area contributed by atoms with Gasteiger partial charge in [0.1, 0.15) is 0 Å². The summed E-state index contributed by atoms with van der Waals surface area (Å²) in [5.41, 5.74) is 0. The average molecular weight is 195 g/mol. The van der Waals surface area contributed by atoms with E-state index in [9.17, 15) is 0 Å². The standard InChI is InChI=1S/C13H25N/c1-10-3-4-11(2)13(9-10)14-8-7-12-5-6-12/h10-14H,3-9H2,1-2H3. The molecule has 3 atom stereocenters. The van der Waals surface area contributed by atoms with E-state index >= 15 is 0 Å². The van der Waals surface area contributed by atoms with Crippen molar-refractivity contribution in [3.8, 4) is 0 Å². The second-order valence-corrected chi connectivity index (χ2v) is 5.69. The molecule has 0 aromatic heterocycles. The molecule has 0 aliphatic heterocycles. The maximum atomic E-state index is 3.77. The molecule has 2 aliphatic rings. The van der Waals surface area contributed by atoms with E-state index in [0.717, 1.165) is 23.8 Å². The molecule has 1 N–H and O–H groups in total. The predicted octanol–water partition coefficient (Wildman–Crippen LogP) is 3.20. The molecule has 0 aromatic rings. The van der Waals surface area contributed by atoms with Crippen LogP contribution in [0.4, 0.5) is 0 Å². The highest BCUT2D eigenvalue weighted by atomic mass is 14.9. The monoisotopic (exact) mass is 195 g/mol. The van der Waals surface area contributed by atoms with Gasteiger partial charge in [-0.15, -0.1) is 0 Å². The zero-order valence-corrected chi connectivity index (χ0v) is 9.76. The van der Waals surface area contributed by atoms with E-state index < -0.39 is 0 Å². The van der Waals surface area contributed by atoms with Gasteiger partial charge in [0.05, 0.1) is 0 Å². The first-order chi connectivity index (χ1) is 6.75. The smallest absolute Gasteiger partial charge is 0.00952 e. The minimum absolute atomic E-state index is 0.817. The third-order valence-corrected chi connectivity index (χ3v) is 4.11. The van der Waals surface area contributed by atoms with Crippen LogP contribution in [0.1, 0.15) is 52.4 Å². The lowest BCUT2D eigenvalue weighted by molar-refractivity contribution is 0.228. The van der Waals surface area contributed by atoms with Crippen molar-refractivity contribution in [2.75, 3.05) is 6.54 Å². The average Bonchev–Trinajstić information content (AvgIpc) is 2.95. The molecule has 0 radical (unpaired) electrons. The van der Waals surface area contributed by atoms with Gasteiger partial charge in [0, 0.05) is 6.04 Å². The van der Waals surface area contributed by atoms with E-state index in [2.05, 4.69) is 19.2 Å². The highest BCUT2D eigenvalue weighted by Crippen LogP contribution is 2.32. The zero-order valence-electron chi connectivity index (χ0n) is 9.76. The van der Waals surface area contributed by atoms with Crippen LogP contribution in [0.25, 0.3) is 0 Å². The van der Waals surface area contributed by atoms with Crippen molar-refractivity contribution >= 4 is 0 Å². The van der Waals surface area contributed by atoms with Crippen LogP contribution >= 0.6 is 0 Å². The van der Waals surface area contributed by atoms with Crippen LogP contribution in [0, 0.1) is 17.8 Å². The first-order valence-electron chi connectivity index (χ1n) is 6.49. The van der Waals surface area contributed by atoms with Crippen molar-refractivity contribution in [1.82, 2.24) is 5.32 Å². The summed E-state index contributed by atoms with van der Waals surface area (Å²) in [5.74, 6) is 2.94. The van der Waals surface area contributed by atoms with E-state index in [1.54, 1.807) is 0 Å². The van der Waals surface area contributed by atoms with Crippen molar-refractivity contribution in [2.45, 2.75) is 58.4 Å². The summed E-state index contributed by atoms with van der Waals surface area (Å²) in [6.45, 7) is 6.09. The van der Waals surface area contributed by atoms with Crippen LogP contribution < -0.4 is 5.32 Å². The van der Waals surface area contributed by atoms with Gasteiger partial charge in [-0.2, -0.15) is 0 Å². The summed E-state index contributed by atoms with van der Waals surface area (Å²) in [7, 11) is 0. The van der Waals surface area contributed by atoms with Gasteiger partial charge in [0.25, 0.3) is 0 Å². The van der Waals surface area contributed by atoms with Crippen molar-refractivity contribution < 1.29 is 0 Å². The molecule has 0 heterocycles. The Balaban J connectivity index is 1.65. The lowest BCUT2D eigenvalue weighted by atomic mass is 9.80. The maximum Gasteiger partial charge on any atom is 0.00952 e. The van der Waals surface area contributed by atoms with Crippen LogP contribution in [0.15, 0.2) is 0 Å². The molecular weight excluding hydrogens is 170 g/mol. The Hall–Kier alpha value is -0.0400. The molecule has 2 fully saturated rings. The van der Waals surface area contributed by atoms with Crippen molar-refractivity contribution in [3.05, 3.63) is 0 Å². The van der Waals surface area contributed by atoms with Crippen LogP contribution in [0.3, 0.4) is 0 Å². The molecule has 1 nitrogen and oxygen atoms in total. The molecule has 0 aromatic carbocycles. The van der Waals surface area contributed by atoms with Gasteiger partial charge in [0.15, 0.2) is 0 Å². The Labute approximate surface area is 88.7 Å². The summed E-state index contributed by atoms with van der Waals surface area (Å²) in [6.07, 6.45) is 8.71. The highest BCUT2D eigenvalue weighted by Gasteiger charge is 2.26. The maximum absolute atomic E-state index is 3.77. The van der Waals surface area contributed by atoms with E-state index in [0.29, 0.717) is 0 Å². The molecule has 0 spiro atoms. The van der Waals surface area contributed by atoms with E-state index in [1.165, 1.54) is 45.1 Å². The Morgan fingerprint density at radius 3 is 2.57 bits per heavy atom. The second-order valence-electron chi connectivity index (χ2n) is 5.69. The number of rotatable bonds is 4. The van der Waals surface area contributed by atoms with Gasteiger partial charge in [-0.1, -0.05) is 33.1 Å². The predicted molar refractivity (Wildman–Crippen MR) is 61.3 cm³/mol. The molecule has 14 heavy (non-hydrogen) atoms. The van der Waals surface area contributed by atoms with Crippen molar-refractivity contribution in [3.63, 3.8) is 0 Å². The fourth-order valence-corrected chi connectivity index (χ4v) is 2.70. The number of hydrogen-bond donors (Lipinski definition) is 1. The SMILES string of the molecule is CC1CCC(C)C(NCCC2CC2)C1. The minimum atomic E-state index is 0.817. The Kier molecular flexibility index (Phi) is 3.48. The topological polar surface area (TPSA) is 12.0 Å². The fourth-order valence-electron chi connectivity index (χ4n) is 2.70. The molecule has 0 bridgehead atoms. The second kappa shape index (κ2) is 4.65. The van der Waals surface area contributed by atoms with Crippen molar-refractivity contribution in [2.24, 2.45) is 17.8 Å². The largest absolute Gasteiger partial charge is 0.314 e. The van der Waals surface area contributed by atoms with Crippen LogP contribution in [0.5, 0.6) is 0 Å². The summed E-state index contributed by atoms with van der Waals surface area (Å²) in [5, 5.41) is 3.77. The van der Waals surface area contributed by atoms with Gasteiger partial charge in [-0.3, -0.25) is 0 Å². The Morgan fingerprint density at radius 2 is 1.86 bits per heavy atom. The molecule has 3 unspecified atom stereocenters. The molecule has 1 heteroatoms. The van der Waals surface area contributed by atoms with E-state index in [1.807, 2.05) is 0 Å². The third kappa shape index (κ3) is 2.98. The molecule has 0 amide bonds. The van der Waals surface area contributed by atoms with Crippen LogP contribution in [0.2, 0.25) is 0 Å². The van der Waals surface area contributed by atoms with Crippen molar-refractivity contribution in [1.29, 1.82) is 0 Å². The quantitative estimate of drug-likeness (QED) is 0.726. The van der Waals surface area contributed by atoms with E-state index in [-0.39, 0.29) is 0 Å². The normalized spacial score (nSPS) is 38.6. The molecule has 0 saturated heterocycles. The Bertz CT molecular complexity index is 174. The van der Waals surface area contributed by atoms with Gasteiger partial charge in [-0.25, -0.2) is 0 Å². The zero-order chi connectivity index (χ0) is 9.97. The lowest BCUT2D eigenvalue weighted by Gasteiger charge is -2.33. The molecular formula is C13H25N. The fraction of sp³-hybridized carbons (Fsp3) is 1.00. The highest BCUT2D eigenvalue weighted by molar-refractivity contribution is 4.82. The van der Waals surface area contributed by atoms with Crippen LogP contribution in [-0.2, 0) is 0 Å². The third-order valence-electron chi connectivity index (χ3n) is 4.11. The lowest BCUT2D eigenvalue weighted by Crippen LogP contribution is -2.40. The number of nitrogens with one attached hydrogen (secondary N) is 1. The van der Waals surface area contributed by atoms with Gasteiger partial charge >= 0.3 is 0 Å². The molecule has 82 valence electrons. The van der Waals surface area contributed by atoms with Gasteiger partial charge < -0.3 is 5.32 Å². The first-order valence-corrected chi connectivity index (χ1v) is 6.49. The van der Waals surface area contributed by atoms with Gasteiger partial charge in [0.2, 0.25) is 0 Å². The van der Waals surface area contributed by atoms with Crippen LogP contribution in [-0.4, -0.2) is 12.6 Å². The minimum Gasteiger partial charge on any atom is -0.314 e. The summed E-state index contributed by atoms with van der Waals surface area (Å²) in [6, 6.07) is 0.817. The van der Waals surface area contributed by atoms with E-state index in [4.69, 9.17) is 0 Å². The summed E-state index contributed by atoms with van der Waals surface area (Å²) >= 11 is 0. The number of hydrogen-bond acceptors (Lipinski definition) is 1. The first kappa shape index (κ1) is 10.5. The Morgan fingerprint density at radius 1 is 1.07 bits per heavy atom.